The van der Waals surface area contributed by atoms with Crippen molar-refractivity contribution in [3.05, 3.63) is 29.8 Å². The highest BCUT2D eigenvalue weighted by Crippen LogP contribution is 2.74. The van der Waals surface area contributed by atoms with Crippen LogP contribution in [-0.4, -0.2) is 86.2 Å². The number of aliphatic hydroxyl groups is 1. The lowest BCUT2D eigenvalue weighted by molar-refractivity contribution is -0.189. The first-order chi connectivity index (χ1) is 15.4. The number of rotatable bonds is 3. The highest BCUT2D eigenvalue weighted by Gasteiger charge is 2.88. The van der Waals surface area contributed by atoms with Gasteiger partial charge >= 0.3 is 11.9 Å². The highest BCUT2D eigenvalue weighted by atomic mass is 16.6. The molecule has 4 heterocycles. The zero-order valence-electron chi connectivity index (χ0n) is 18.9. The molecule has 1 N–H and O–H groups in total. The Morgan fingerprint density at radius 3 is 2.66 bits per heavy atom. The van der Waals surface area contributed by atoms with Gasteiger partial charge in [-0.25, -0.2) is 4.79 Å². The zero-order valence-corrected chi connectivity index (χ0v) is 18.9. The number of likely N-dealkylation sites (N-methyl/N-ethyl adjacent to an activating group) is 1. The maximum atomic E-state index is 13.8. The number of hydrogen-bond donors (Lipinski definition) is 1. The summed E-state index contributed by atoms with van der Waals surface area (Å²) >= 11 is 0. The van der Waals surface area contributed by atoms with E-state index in [4.69, 9.17) is 14.2 Å². The minimum Gasteiger partial charge on any atom is -0.469 e. The molecule has 8 heteroatoms. The van der Waals surface area contributed by atoms with Crippen LogP contribution in [0.4, 0.5) is 5.69 Å². The number of nitrogens with zero attached hydrogens (tertiary/aromatic N) is 2. The normalized spacial score (nSPS) is 45.4. The molecule has 1 aromatic carbocycles. The minimum absolute atomic E-state index is 0.0612. The maximum absolute atomic E-state index is 13.8. The molecule has 0 radical (unpaired) electrons. The fourth-order valence-corrected chi connectivity index (χ4v) is 8.79. The van der Waals surface area contributed by atoms with Crippen LogP contribution in [0, 0.1) is 11.3 Å². The maximum Gasteiger partial charge on any atom is 0.341 e. The number of hydrogen-bond acceptors (Lipinski definition) is 8. The van der Waals surface area contributed by atoms with E-state index in [9.17, 15) is 14.7 Å². The number of piperidine rings is 1. The van der Waals surface area contributed by atoms with Crippen LogP contribution in [0.15, 0.2) is 24.3 Å². The van der Waals surface area contributed by atoms with E-state index in [1.54, 1.807) is 0 Å². The van der Waals surface area contributed by atoms with Gasteiger partial charge in [-0.05, 0) is 31.0 Å². The van der Waals surface area contributed by atoms with Crippen molar-refractivity contribution >= 4 is 17.6 Å². The van der Waals surface area contributed by atoms with E-state index >= 15 is 0 Å². The smallest absolute Gasteiger partial charge is 0.341 e. The number of esters is 2. The van der Waals surface area contributed by atoms with Gasteiger partial charge in [0.15, 0.2) is 0 Å². The molecule has 5 aliphatic rings. The summed E-state index contributed by atoms with van der Waals surface area (Å²) < 4.78 is 17.4. The number of carbonyl (C=O) groups is 2. The average molecular weight is 443 g/mol. The number of carbonyl (C=O) groups excluding carboxylic acids is 2. The first-order valence-electron chi connectivity index (χ1n) is 11.4. The monoisotopic (exact) mass is 442 g/mol. The number of aliphatic hydroxyl groups excluding tert-OH is 1. The molecular formula is C24H30N2O6. The lowest BCUT2D eigenvalue weighted by Crippen LogP contribution is -2.78. The molecule has 172 valence electrons. The van der Waals surface area contributed by atoms with E-state index in [1.165, 1.54) is 19.8 Å². The van der Waals surface area contributed by atoms with Crippen LogP contribution in [0.3, 0.4) is 0 Å². The molecule has 8 nitrogen and oxygen atoms in total. The molecule has 6 rings (SSSR count). The third-order valence-electron chi connectivity index (χ3n) is 9.38. The molecule has 0 aromatic heterocycles. The highest BCUT2D eigenvalue weighted by molar-refractivity contribution is 5.93. The summed E-state index contributed by atoms with van der Waals surface area (Å²) in [5.74, 6) is -1.92. The van der Waals surface area contributed by atoms with Gasteiger partial charge in [-0.3, -0.25) is 9.69 Å². The number of para-hydroxylation sites is 1. The van der Waals surface area contributed by atoms with E-state index < -0.39 is 52.5 Å². The molecule has 0 unspecified atom stereocenters. The van der Waals surface area contributed by atoms with Gasteiger partial charge in [0.1, 0.15) is 5.92 Å². The first kappa shape index (κ1) is 20.4. The van der Waals surface area contributed by atoms with Gasteiger partial charge in [0, 0.05) is 36.2 Å². The Hall–Kier alpha value is -2.16. The Morgan fingerprint density at radius 2 is 1.97 bits per heavy atom. The minimum atomic E-state index is -1.58. The third-order valence-corrected chi connectivity index (χ3v) is 9.38. The first-order valence-corrected chi connectivity index (χ1v) is 11.4. The van der Waals surface area contributed by atoms with Crippen LogP contribution in [0.2, 0.25) is 0 Å². The summed E-state index contributed by atoms with van der Waals surface area (Å²) in [5, 5.41) is 11.2. The molecule has 4 aliphatic heterocycles. The second-order valence-electron chi connectivity index (χ2n) is 10.0. The standard InChI is InChI=1S/C24H30N2O6/c1-5-22-16(18(28)30-3)24(21(29)31-4)20-23(13-8-6-7-9-14(13)25(20)2)10-11-26(19(22)23)12-15(27)17(22)32-24/h6-9,15-17,19-20,27H,5,10-12H2,1-4H3/t15-,16+,17+,19-,20+,22+,23+,24+/m0/s1. The van der Waals surface area contributed by atoms with Crippen molar-refractivity contribution in [3.8, 4) is 0 Å². The molecule has 4 fully saturated rings. The molecule has 32 heavy (non-hydrogen) atoms. The largest absolute Gasteiger partial charge is 0.469 e. The van der Waals surface area contributed by atoms with Crippen molar-refractivity contribution in [2.45, 2.75) is 55.1 Å². The van der Waals surface area contributed by atoms with Crippen LogP contribution < -0.4 is 4.90 Å². The molecule has 2 bridgehead atoms. The lowest BCUT2D eigenvalue weighted by Gasteiger charge is -2.61. The van der Waals surface area contributed by atoms with Crippen LogP contribution in [0.1, 0.15) is 25.3 Å². The summed E-state index contributed by atoms with van der Waals surface area (Å²) in [6.45, 7) is 3.29. The molecule has 8 atom stereocenters. The molecular weight excluding hydrogens is 412 g/mol. The van der Waals surface area contributed by atoms with Crippen molar-refractivity contribution < 1.29 is 28.9 Å². The Kier molecular flexibility index (Phi) is 3.99. The lowest BCUT2D eigenvalue weighted by atomic mass is 9.45. The molecule has 0 amide bonds. The molecule has 3 saturated heterocycles. The van der Waals surface area contributed by atoms with Gasteiger partial charge in [0.05, 0.1) is 32.5 Å². The number of methoxy groups -OCH3 is 2. The third kappa shape index (κ3) is 1.82. The van der Waals surface area contributed by atoms with E-state index in [0.29, 0.717) is 13.0 Å². The van der Waals surface area contributed by atoms with Crippen LogP contribution in [0.5, 0.6) is 0 Å². The quantitative estimate of drug-likeness (QED) is 0.685. The summed E-state index contributed by atoms with van der Waals surface area (Å²) in [7, 11) is 4.67. The summed E-state index contributed by atoms with van der Waals surface area (Å²) in [5.41, 5.74) is -0.529. The molecule has 1 aromatic rings. The summed E-state index contributed by atoms with van der Waals surface area (Å²) in [4.78, 5) is 31.7. The summed E-state index contributed by atoms with van der Waals surface area (Å²) in [6.07, 6.45) is -0.0622. The Morgan fingerprint density at radius 1 is 1.22 bits per heavy atom. The van der Waals surface area contributed by atoms with Crippen molar-refractivity contribution in [1.29, 1.82) is 0 Å². The van der Waals surface area contributed by atoms with E-state index in [1.807, 2.05) is 26.1 Å². The Bertz CT molecular complexity index is 1020. The van der Waals surface area contributed by atoms with Gasteiger partial charge < -0.3 is 24.2 Å². The molecule has 1 aliphatic carbocycles. The zero-order chi connectivity index (χ0) is 22.6. The number of ether oxygens (including phenoxy) is 3. The van der Waals surface area contributed by atoms with Crippen LogP contribution >= 0.6 is 0 Å². The van der Waals surface area contributed by atoms with E-state index in [-0.39, 0.29) is 6.04 Å². The van der Waals surface area contributed by atoms with Crippen LogP contribution in [-0.2, 0) is 29.2 Å². The van der Waals surface area contributed by atoms with E-state index in [0.717, 1.165) is 18.7 Å². The van der Waals surface area contributed by atoms with E-state index in [2.05, 4.69) is 21.9 Å². The van der Waals surface area contributed by atoms with Gasteiger partial charge in [0.2, 0.25) is 5.60 Å². The predicted octanol–water partition coefficient (Wildman–Crippen LogP) is 0.701. The SMILES string of the molecule is CC[C@@]12[C@@H]3O[C@@](C(=O)OC)([C@@H]4N(C)c5ccccc5[C@@]45CCN(C[C@@H]3O)[C@H]51)[C@@H]2C(=O)OC. The van der Waals surface area contributed by atoms with Gasteiger partial charge in [-0.15, -0.1) is 0 Å². The number of anilines is 1. The Labute approximate surface area is 187 Å². The number of fused-ring (bicyclic) bond motifs is 3. The van der Waals surface area contributed by atoms with Crippen molar-refractivity contribution in [3.63, 3.8) is 0 Å². The number of benzene rings is 1. The second-order valence-corrected chi connectivity index (χ2v) is 10.0. The Balaban J connectivity index is 1.75. The fourth-order valence-electron chi connectivity index (χ4n) is 8.79. The van der Waals surface area contributed by atoms with Gasteiger partial charge in [0.25, 0.3) is 0 Å². The fraction of sp³-hybridized carbons (Fsp3) is 0.667. The second kappa shape index (κ2) is 6.24. The topological polar surface area (TPSA) is 88.5 Å². The predicted molar refractivity (Wildman–Crippen MR) is 114 cm³/mol. The summed E-state index contributed by atoms with van der Waals surface area (Å²) in [6, 6.07) is 7.76. The van der Waals surface area contributed by atoms with Gasteiger partial charge in [-0.2, -0.15) is 0 Å². The van der Waals surface area contributed by atoms with Crippen molar-refractivity contribution in [1.82, 2.24) is 4.90 Å². The van der Waals surface area contributed by atoms with Crippen LogP contribution in [0.25, 0.3) is 0 Å². The van der Waals surface area contributed by atoms with Crippen molar-refractivity contribution in [2.75, 3.05) is 39.3 Å². The average Bonchev–Trinajstić information content (AvgIpc) is 3.41. The molecule has 1 spiro atoms. The van der Waals surface area contributed by atoms with Gasteiger partial charge in [-0.1, -0.05) is 25.1 Å². The molecule has 1 saturated carbocycles. The van der Waals surface area contributed by atoms with Crippen molar-refractivity contribution in [2.24, 2.45) is 11.3 Å².